The zero-order valence-electron chi connectivity index (χ0n) is 11.4. The monoisotopic (exact) mass is 287 g/mol. The molecule has 1 aliphatic heterocycles. The van der Waals surface area contributed by atoms with Crippen molar-refractivity contribution >= 4 is 33.9 Å². The molecular weight excluding hydrogens is 270 g/mol. The number of fused-ring (bicyclic) bond motifs is 1. The second-order valence-electron chi connectivity index (χ2n) is 5.03. The Bertz CT molecular complexity index is 659. The van der Waals surface area contributed by atoms with Crippen LogP contribution >= 0.6 is 12.2 Å². The Morgan fingerprint density at radius 1 is 1.45 bits per heavy atom. The number of ether oxygens (including phenoxy) is 1. The standard InChI is InChI=1S/C15H17N3OS/c1-10-9-19-7-6-18(10)14-8-12(15(16)20)11-4-2-3-5-13(11)17-14/h2-5,8,10H,6-7,9H2,1H3,(H2,16,20). The zero-order chi connectivity index (χ0) is 14.1. The van der Waals surface area contributed by atoms with E-state index in [1.165, 1.54) is 0 Å². The van der Waals surface area contributed by atoms with Gasteiger partial charge in [0, 0.05) is 17.5 Å². The summed E-state index contributed by atoms with van der Waals surface area (Å²) in [6, 6.07) is 10.2. The van der Waals surface area contributed by atoms with Crippen molar-refractivity contribution in [2.24, 2.45) is 5.73 Å². The number of pyridine rings is 1. The SMILES string of the molecule is CC1COCCN1c1cc(C(N)=S)c2ccccc2n1. The normalized spacial score (nSPS) is 19.2. The number of nitrogens with two attached hydrogens (primary N) is 1. The van der Waals surface area contributed by atoms with Crippen LogP contribution in [0.25, 0.3) is 10.9 Å². The number of anilines is 1. The Morgan fingerprint density at radius 2 is 2.25 bits per heavy atom. The van der Waals surface area contributed by atoms with E-state index in [2.05, 4.69) is 11.8 Å². The Kier molecular flexibility index (Phi) is 3.54. The molecule has 2 N–H and O–H groups in total. The molecule has 1 aliphatic rings. The molecule has 1 saturated heterocycles. The first kappa shape index (κ1) is 13.3. The summed E-state index contributed by atoms with van der Waals surface area (Å²) in [5.74, 6) is 0.919. The van der Waals surface area contributed by atoms with Gasteiger partial charge in [0.25, 0.3) is 0 Å². The second kappa shape index (κ2) is 5.34. The van der Waals surface area contributed by atoms with Crippen LogP contribution in [0, 0.1) is 0 Å². The second-order valence-corrected chi connectivity index (χ2v) is 5.47. The number of hydrogen-bond acceptors (Lipinski definition) is 4. The Morgan fingerprint density at radius 3 is 3.00 bits per heavy atom. The van der Waals surface area contributed by atoms with Crippen LogP contribution in [0.5, 0.6) is 0 Å². The van der Waals surface area contributed by atoms with Crippen LogP contribution < -0.4 is 10.6 Å². The van der Waals surface area contributed by atoms with Crippen LogP contribution in [-0.2, 0) is 4.74 Å². The fourth-order valence-corrected chi connectivity index (χ4v) is 2.75. The Balaban J connectivity index is 2.14. The molecule has 0 radical (unpaired) electrons. The molecule has 1 fully saturated rings. The maximum Gasteiger partial charge on any atom is 0.130 e. The van der Waals surface area contributed by atoms with E-state index in [1.807, 2.05) is 30.3 Å². The third-order valence-electron chi connectivity index (χ3n) is 3.63. The van der Waals surface area contributed by atoms with Gasteiger partial charge in [-0.2, -0.15) is 0 Å². The highest BCUT2D eigenvalue weighted by molar-refractivity contribution is 7.80. The summed E-state index contributed by atoms with van der Waals surface area (Å²) in [5.41, 5.74) is 7.68. The van der Waals surface area contributed by atoms with E-state index in [1.54, 1.807) is 0 Å². The van der Waals surface area contributed by atoms with E-state index in [4.69, 9.17) is 27.7 Å². The number of benzene rings is 1. The minimum absolute atomic E-state index is 0.302. The molecule has 104 valence electrons. The molecule has 2 aromatic rings. The van der Waals surface area contributed by atoms with Gasteiger partial charge in [-0.15, -0.1) is 0 Å². The molecule has 3 rings (SSSR count). The lowest BCUT2D eigenvalue weighted by Crippen LogP contribution is -2.44. The number of para-hydroxylation sites is 1. The van der Waals surface area contributed by atoms with E-state index < -0.39 is 0 Å². The Hall–Kier alpha value is -1.72. The summed E-state index contributed by atoms with van der Waals surface area (Å²) in [7, 11) is 0. The number of thiocarbonyl (C=S) groups is 1. The van der Waals surface area contributed by atoms with Crippen molar-refractivity contribution in [3.8, 4) is 0 Å². The molecule has 1 atom stereocenters. The Labute approximate surface area is 123 Å². The van der Waals surface area contributed by atoms with Crippen molar-refractivity contribution in [1.82, 2.24) is 4.98 Å². The molecule has 0 amide bonds. The molecular formula is C15H17N3OS. The lowest BCUT2D eigenvalue weighted by molar-refractivity contribution is 0.0986. The molecule has 1 aromatic heterocycles. The molecule has 0 bridgehead atoms. The summed E-state index contributed by atoms with van der Waals surface area (Å²) < 4.78 is 5.48. The topological polar surface area (TPSA) is 51.4 Å². The van der Waals surface area contributed by atoms with Crippen molar-refractivity contribution < 1.29 is 4.74 Å². The average molecular weight is 287 g/mol. The van der Waals surface area contributed by atoms with E-state index in [-0.39, 0.29) is 0 Å². The largest absolute Gasteiger partial charge is 0.389 e. The van der Waals surface area contributed by atoms with Crippen LogP contribution in [-0.4, -0.2) is 35.8 Å². The molecule has 5 heteroatoms. The number of hydrogen-bond donors (Lipinski definition) is 1. The predicted molar refractivity (Wildman–Crippen MR) is 85.3 cm³/mol. The first-order valence-corrected chi connectivity index (χ1v) is 7.11. The molecule has 1 aromatic carbocycles. The van der Waals surface area contributed by atoms with Crippen molar-refractivity contribution in [2.75, 3.05) is 24.7 Å². The highest BCUT2D eigenvalue weighted by Gasteiger charge is 2.21. The first-order valence-electron chi connectivity index (χ1n) is 6.71. The van der Waals surface area contributed by atoms with Gasteiger partial charge in [0.2, 0.25) is 0 Å². The summed E-state index contributed by atoms with van der Waals surface area (Å²) >= 11 is 5.19. The van der Waals surface area contributed by atoms with Crippen LogP contribution in [0.4, 0.5) is 5.82 Å². The van der Waals surface area contributed by atoms with Crippen LogP contribution in [0.1, 0.15) is 12.5 Å². The predicted octanol–water partition coefficient (Wildman–Crippen LogP) is 2.09. The van der Waals surface area contributed by atoms with Gasteiger partial charge in [0.15, 0.2) is 0 Å². The fourth-order valence-electron chi connectivity index (χ4n) is 2.58. The molecule has 4 nitrogen and oxygen atoms in total. The molecule has 0 saturated carbocycles. The van der Waals surface area contributed by atoms with Gasteiger partial charge in [-0.3, -0.25) is 0 Å². The third-order valence-corrected chi connectivity index (χ3v) is 3.85. The fraction of sp³-hybridized carbons (Fsp3) is 0.333. The molecule has 0 spiro atoms. The quantitative estimate of drug-likeness (QED) is 0.857. The van der Waals surface area contributed by atoms with E-state index in [9.17, 15) is 0 Å². The van der Waals surface area contributed by atoms with Crippen LogP contribution in [0.2, 0.25) is 0 Å². The van der Waals surface area contributed by atoms with Gasteiger partial charge in [0.05, 0.1) is 24.8 Å². The lowest BCUT2D eigenvalue weighted by Gasteiger charge is -2.34. The van der Waals surface area contributed by atoms with Gasteiger partial charge in [-0.1, -0.05) is 30.4 Å². The molecule has 0 aliphatic carbocycles. The van der Waals surface area contributed by atoms with E-state index in [0.717, 1.165) is 42.0 Å². The van der Waals surface area contributed by atoms with E-state index >= 15 is 0 Å². The summed E-state index contributed by atoms with van der Waals surface area (Å²) in [5, 5.41) is 1.00. The maximum absolute atomic E-state index is 5.87. The summed E-state index contributed by atoms with van der Waals surface area (Å²) in [4.78, 5) is 7.40. The third kappa shape index (κ3) is 2.34. The van der Waals surface area contributed by atoms with Gasteiger partial charge >= 0.3 is 0 Å². The minimum atomic E-state index is 0.302. The van der Waals surface area contributed by atoms with Crippen molar-refractivity contribution in [3.63, 3.8) is 0 Å². The van der Waals surface area contributed by atoms with Gasteiger partial charge in [-0.25, -0.2) is 4.98 Å². The van der Waals surface area contributed by atoms with Gasteiger partial charge < -0.3 is 15.4 Å². The smallest absolute Gasteiger partial charge is 0.130 e. The lowest BCUT2D eigenvalue weighted by atomic mass is 10.1. The molecule has 2 heterocycles. The first-order chi connectivity index (χ1) is 9.66. The summed E-state index contributed by atoms with van der Waals surface area (Å²) in [6.45, 7) is 4.41. The summed E-state index contributed by atoms with van der Waals surface area (Å²) in [6.07, 6.45) is 0. The zero-order valence-corrected chi connectivity index (χ0v) is 12.2. The average Bonchev–Trinajstić information content (AvgIpc) is 2.46. The van der Waals surface area contributed by atoms with Gasteiger partial charge in [-0.05, 0) is 19.1 Å². The van der Waals surface area contributed by atoms with E-state index in [0.29, 0.717) is 11.0 Å². The maximum atomic E-state index is 5.87. The van der Waals surface area contributed by atoms with Crippen molar-refractivity contribution in [3.05, 3.63) is 35.9 Å². The van der Waals surface area contributed by atoms with Crippen molar-refractivity contribution in [2.45, 2.75) is 13.0 Å². The number of rotatable bonds is 2. The molecule has 20 heavy (non-hydrogen) atoms. The number of morpholine rings is 1. The highest BCUT2D eigenvalue weighted by Crippen LogP contribution is 2.25. The number of nitrogens with zero attached hydrogens (tertiary/aromatic N) is 2. The van der Waals surface area contributed by atoms with Gasteiger partial charge in [0.1, 0.15) is 10.8 Å². The van der Waals surface area contributed by atoms with Crippen molar-refractivity contribution in [1.29, 1.82) is 0 Å². The van der Waals surface area contributed by atoms with Crippen LogP contribution in [0.3, 0.4) is 0 Å². The van der Waals surface area contributed by atoms with Crippen LogP contribution in [0.15, 0.2) is 30.3 Å². The molecule has 1 unspecified atom stereocenters. The minimum Gasteiger partial charge on any atom is -0.389 e. The highest BCUT2D eigenvalue weighted by atomic mass is 32.1. The number of aromatic nitrogens is 1.